The molecule has 0 saturated heterocycles. The molecule has 1 rings (SSSR count). The number of benzene rings is 1. The summed E-state index contributed by atoms with van der Waals surface area (Å²) in [6.45, 7) is 4.25. The van der Waals surface area contributed by atoms with Gasteiger partial charge < -0.3 is 9.84 Å². The van der Waals surface area contributed by atoms with Crippen molar-refractivity contribution < 1.29 is 9.84 Å². The van der Waals surface area contributed by atoms with Gasteiger partial charge in [-0.3, -0.25) is 0 Å². The van der Waals surface area contributed by atoms with Crippen LogP contribution < -0.4 is 4.74 Å². The number of aryl methyl sites for hydroxylation is 2. The number of aliphatic hydroxyl groups excluding tert-OH is 1. The number of rotatable bonds is 3. The highest BCUT2D eigenvalue weighted by molar-refractivity contribution is 5.43. The maximum Gasteiger partial charge on any atom is 0.122 e. The van der Waals surface area contributed by atoms with Crippen molar-refractivity contribution in [3.05, 3.63) is 28.8 Å². The van der Waals surface area contributed by atoms with E-state index in [2.05, 4.69) is 6.07 Å². The lowest BCUT2D eigenvalue weighted by molar-refractivity contribution is 0.296. The van der Waals surface area contributed by atoms with Crippen LogP contribution in [0.15, 0.2) is 12.1 Å². The molecule has 2 nitrogen and oxygen atoms in total. The molecule has 13 heavy (non-hydrogen) atoms. The first-order chi connectivity index (χ1) is 6.19. The van der Waals surface area contributed by atoms with Crippen LogP contribution in [0.5, 0.6) is 5.75 Å². The Hall–Kier alpha value is -1.02. The highest BCUT2D eigenvalue weighted by atomic mass is 16.5. The lowest BCUT2D eigenvalue weighted by Crippen LogP contribution is -1.99. The fraction of sp³-hybridized carbons (Fsp3) is 0.455. The van der Waals surface area contributed by atoms with E-state index in [1.54, 1.807) is 7.11 Å². The largest absolute Gasteiger partial charge is 0.496 e. The molecular weight excluding hydrogens is 164 g/mol. The third-order valence-electron chi connectivity index (χ3n) is 2.16. The third-order valence-corrected chi connectivity index (χ3v) is 2.16. The van der Waals surface area contributed by atoms with Gasteiger partial charge in [-0.05, 0) is 43.0 Å². The van der Waals surface area contributed by atoms with E-state index in [1.807, 2.05) is 19.9 Å². The van der Waals surface area contributed by atoms with E-state index in [1.165, 1.54) is 11.1 Å². The van der Waals surface area contributed by atoms with Crippen LogP contribution in [0.3, 0.4) is 0 Å². The fourth-order valence-corrected chi connectivity index (χ4v) is 1.57. The van der Waals surface area contributed by atoms with Gasteiger partial charge in [-0.1, -0.05) is 6.07 Å². The van der Waals surface area contributed by atoms with Crippen molar-refractivity contribution in [2.45, 2.75) is 20.3 Å². The minimum Gasteiger partial charge on any atom is -0.496 e. The Balaban J connectivity index is 3.13. The second kappa shape index (κ2) is 4.28. The highest BCUT2D eigenvalue weighted by Crippen LogP contribution is 2.24. The monoisotopic (exact) mass is 180 g/mol. The summed E-state index contributed by atoms with van der Waals surface area (Å²) in [5.41, 5.74) is 3.48. The number of methoxy groups -OCH3 is 1. The summed E-state index contributed by atoms with van der Waals surface area (Å²) in [5.74, 6) is 0.881. The highest BCUT2D eigenvalue weighted by Gasteiger charge is 2.06. The fourth-order valence-electron chi connectivity index (χ4n) is 1.57. The Morgan fingerprint density at radius 2 is 2.00 bits per heavy atom. The SMILES string of the molecule is COc1cc(C)cc(C)c1CCO. The van der Waals surface area contributed by atoms with Gasteiger partial charge in [0.05, 0.1) is 7.11 Å². The lowest BCUT2D eigenvalue weighted by Gasteiger charge is -2.11. The molecule has 0 fully saturated rings. The molecule has 0 spiro atoms. The Morgan fingerprint density at radius 3 is 2.54 bits per heavy atom. The number of aliphatic hydroxyl groups is 1. The lowest BCUT2D eigenvalue weighted by atomic mass is 10.0. The Labute approximate surface area is 79.2 Å². The average Bonchev–Trinajstić information content (AvgIpc) is 2.09. The quantitative estimate of drug-likeness (QED) is 0.769. The molecule has 0 aliphatic heterocycles. The van der Waals surface area contributed by atoms with Crippen LogP contribution in [0.2, 0.25) is 0 Å². The summed E-state index contributed by atoms with van der Waals surface area (Å²) in [4.78, 5) is 0. The van der Waals surface area contributed by atoms with Crippen molar-refractivity contribution in [1.82, 2.24) is 0 Å². The summed E-state index contributed by atoms with van der Waals surface area (Å²) in [6, 6.07) is 4.10. The van der Waals surface area contributed by atoms with Crippen LogP contribution in [0.25, 0.3) is 0 Å². The van der Waals surface area contributed by atoms with Gasteiger partial charge >= 0.3 is 0 Å². The standard InChI is InChI=1S/C11H16O2/c1-8-6-9(2)10(4-5-12)11(7-8)13-3/h6-7,12H,4-5H2,1-3H3. The van der Waals surface area contributed by atoms with Gasteiger partial charge in [-0.15, -0.1) is 0 Å². The smallest absolute Gasteiger partial charge is 0.122 e. The van der Waals surface area contributed by atoms with Crippen LogP contribution in [-0.4, -0.2) is 18.8 Å². The Morgan fingerprint density at radius 1 is 1.31 bits per heavy atom. The average molecular weight is 180 g/mol. The van der Waals surface area contributed by atoms with E-state index in [9.17, 15) is 0 Å². The summed E-state index contributed by atoms with van der Waals surface area (Å²) < 4.78 is 5.25. The minimum atomic E-state index is 0.167. The van der Waals surface area contributed by atoms with E-state index in [4.69, 9.17) is 9.84 Å². The minimum absolute atomic E-state index is 0.167. The molecule has 1 N–H and O–H groups in total. The molecule has 1 aromatic carbocycles. The first-order valence-electron chi connectivity index (χ1n) is 4.44. The van der Waals surface area contributed by atoms with E-state index < -0.39 is 0 Å². The maximum atomic E-state index is 8.88. The van der Waals surface area contributed by atoms with E-state index in [-0.39, 0.29) is 6.61 Å². The summed E-state index contributed by atoms with van der Waals surface area (Å²) in [5, 5.41) is 8.88. The second-order valence-electron chi connectivity index (χ2n) is 3.24. The van der Waals surface area contributed by atoms with Gasteiger partial charge in [-0.2, -0.15) is 0 Å². The zero-order valence-electron chi connectivity index (χ0n) is 8.42. The molecule has 0 bridgehead atoms. The molecule has 0 aliphatic rings. The molecular formula is C11H16O2. The number of ether oxygens (including phenoxy) is 1. The zero-order valence-corrected chi connectivity index (χ0v) is 8.42. The van der Waals surface area contributed by atoms with Gasteiger partial charge in [0, 0.05) is 6.61 Å². The molecule has 0 saturated carbocycles. The maximum absolute atomic E-state index is 8.88. The molecule has 0 radical (unpaired) electrons. The van der Waals surface area contributed by atoms with Crippen molar-refractivity contribution in [2.75, 3.05) is 13.7 Å². The number of hydrogen-bond acceptors (Lipinski definition) is 2. The molecule has 0 amide bonds. The van der Waals surface area contributed by atoms with E-state index in [0.29, 0.717) is 6.42 Å². The van der Waals surface area contributed by atoms with Crippen molar-refractivity contribution in [3.63, 3.8) is 0 Å². The van der Waals surface area contributed by atoms with Gasteiger partial charge in [0.15, 0.2) is 0 Å². The number of hydrogen-bond donors (Lipinski definition) is 1. The van der Waals surface area contributed by atoms with Gasteiger partial charge in [-0.25, -0.2) is 0 Å². The molecule has 0 heterocycles. The van der Waals surface area contributed by atoms with E-state index >= 15 is 0 Å². The second-order valence-corrected chi connectivity index (χ2v) is 3.24. The predicted molar refractivity (Wildman–Crippen MR) is 53.3 cm³/mol. The van der Waals surface area contributed by atoms with Crippen LogP contribution >= 0.6 is 0 Å². The molecule has 1 aromatic rings. The third kappa shape index (κ3) is 2.22. The molecule has 0 aromatic heterocycles. The van der Waals surface area contributed by atoms with Crippen molar-refractivity contribution >= 4 is 0 Å². The summed E-state index contributed by atoms with van der Waals surface area (Å²) >= 11 is 0. The predicted octanol–water partition coefficient (Wildman–Crippen LogP) is 1.85. The van der Waals surface area contributed by atoms with Gasteiger partial charge in [0.2, 0.25) is 0 Å². The van der Waals surface area contributed by atoms with Crippen LogP contribution in [-0.2, 0) is 6.42 Å². The Kier molecular flexibility index (Phi) is 3.32. The molecule has 0 atom stereocenters. The molecule has 72 valence electrons. The normalized spacial score (nSPS) is 10.2. The van der Waals surface area contributed by atoms with E-state index in [0.717, 1.165) is 11.3 Å². The van der Waals surface area contributed by atoms with Crippen molar-refractivity contribution in [2.24, 2.45) is 0 Å². The Bertz CT molecular complexity index is 292. The first-order valence-corrected chi connectivity index (χ1v) is 4.44. The molecule has 0 unspecified atom stereocenters. The first kappa shape index (κ1) is 10.1. The zero-order chi connectivity index (χ0) is 9.84. The van der Waals surface area contributed by atoms with Crippen LogP contribution in [0.1, 0.15) is 16.7 Å². The van der Waals surface area contributed by atoms with Crippen LogP contribution in [0.4, 0.5) is 0 Å². The van der Waals surface area contributed by atoms with Gasteiger partial charge in [0.1, 0.15) is 5.75 Å². The van der Waals surface area contributed by atoms with Gasteiger partial charge in [0.25, 0.3) is 0 Å². The summed E-state index contributed by atoms with van der Waals surface area (Å²) in [7, 11) is 1.66. The van der Waals surface area contributed by atoms with Crippen LogP contribution in [0, 0.1) is 13.8 Å². The summed E-state index contributed by atoms with van der Waals surface area (Å²) in [6.07, 6.45) is 0.662. The molecule has 2 heteroatoms. The van der Waals surface area contributed by atoms with Crippen molar-refractivity contribution in [1.29, 1.82) is 0 Å². The molecule has 0 aliphatic carbocycles. The topological polar surface area (TPSA) is 29.5 Å². The van der Waals surface area contributed by atoms with Crippen molar-refractivity contribution in [3.8, 4) is 5.75 Å².